The number of nitrogens with zero attached hydrogens (tertiary/aromatic N) is 2. The number of rotatable bonds is 10. The predicted octanol–water partition coefficient (Wildman–Crippen LogP) is 5.72. The number of para-hydroxylation sites is 1. The van der Waals surface area contributed by atoms with Gasteiger partial charge in [0.15, 0.2) is 0 Å². The monoisotopic (exact) mass is 456 g/mol. The average Bonchev–Trinajstić information content (AvgIpc) is 3.16. The molecule has 1 N–H and O–H groups in total. The Bertz CT molecular complexity index is 996. The third-order valence-corrected chi connectivity index (χ3v) is 6.80. The Hall–Kier alpha value is -2.38. The van der Waals surface area contributed by atoms with Crippen LogP contribution in [0.25, 0.3) is 11.8 Å². The summed E-state index contributed by atoms with van der Waals surface area (Å²) in [5.74, 6) is -0.765. The molecule has 0 spiro atoms. The Labute approximate surface area is 193 Å². The molecule has 164 valence electrons. The summed E-state index contributed by atoms with van der Waals surface area (Å²) in [6, 6.07) is 12.3. The van der Waals surface area contributed by atoms with Crippen LogP contribution < -0.4 is 0 Å². The van der Waals surface area contributed by atoms with Crippen molar-refractivity contribution in [2.24, 2.45) is 0 Å². The SMILES string of the molecule is Cc1cc(C=C2SC(=S)N(CCCCCCCC(=O)O)C2=O)c(C)n1-c1ccccc1. The van der Waals surface area contributed by atoms with Crippen molar-refractivity contribution in [1.82, 2.24) is 9.47 Å². The number of aromatic nitrogens is 1. The fourth-order valence-electron chi connectivity index (χ4n) is 3.82. The van der Waals surface area contributed by atoms with Gasteiger partial charge in [-0.3, -0.25) is 14.5 Å². The minimum Gasteiger partial charge on any atom is -0.481 e. The van der Waals surface area contributed by atoms with Crippen molar-refractivity contribution in [3.63, 3.8) is 0 Å². The standard InChI is InChI=1S/C24H28N2O3S2/c1-17-15-19(18(2)26(17)20-11-7-6-8-12-20)16-21-23(29)25(24(30)31-21)14-10-5-3-4-9-13-22(27)28/h6-8,11-12,15-16H,3-5,9-10,13-14H2,1-2H3,(H,27,28). The van der Waals surface area contributed by atoms with Crippen LogP contribution in [0.1, 0.15) is 55.5 Å². The molecule has 0 atom stereocenters. The van der Waals surface area contributed by atoms with Crippen LogP contribution in [-0.2, 0) is 9.59 Å². The smallest absolute Gasteiger partial charge is 0.303 e. The third kappa shape index (κ3) is 5.86. The molecule has 0 radical (unpaired) electrons. The Kier molecular flexibility index (Phi) is 8.09. The third-order valence-electron chi connectivity index (χ3n) is 5.42. The van der Waals surface area contributed by atoms with Gasteiger partial charge >= 0.3 is 5.97 Å². The average molecular weight is 457 g/mol. The zero-order chi connectivity index (χ0) is 22.4. The van der Waals surface area contributed by atoms with Crippen molar-refractivity contribution in [3.05, 3.63) is 58.3 Å². The molecule has 1 aromatic heterocycles. The fourth-order valence-corrected chi connectivity index (χ4v) is 5.12. The van der Waals surface area contributed by atoms with Crippen molar-refractivity contribution < 1.29 is 14.7 Å². The summed E-state index contributed by atoms with van der Waals surface area (Å²) >= 11 is 6.82. The van der Waals surface area contributed by atoms with Gasteiger partial charge < -0.3 is 9.67 Å². The number of aliphatic carboxylic acids is 1. The minimum atomic E-state index is -0.742. The predicted molar refractivity (Wildman–Crippen MR) is 130 cm³/mol. The highest BCUT2D eigenvalue weighted by atomic mass is 32.2. The van der Waals surface area contributed by atoms with Crippen LogP contribution in [0.4, 0.5) is 0 Å². The second-order valence-corrected chi connectivity index (χ2v) is 9.42. The van der Waals surface area contributed by atoms with Crippen LogP contribution in [-0.4, -0.2) is 37.3 Å². The largest absolute Gasteiger partial charge is 0.481 e. The molecule has 1 aliphatic rings. The number of carboxylic acids is 1. The molecule has 1 fully saturated rings. The maximum absolute atomic E-state index is 12.9. The number of benzene rings is 1. The van der Waals surface area contributed by atoms with Gasteiger partial charge in [0.2, 0.25) is 0 Å². The summed E-state index contributed by atoms with van der Waals surface area (Å²) in [5.41, 5.74) is 4.34. The molecule has 31 heavy (non-hydrogen) atoms. The van der Waals surface area contributed by atoms with Crippen LogP contribution >= 0.6 is 24.0 Å². The van der Waals surface area contributed by atoms with Gasteiger partial charge in [-0.1, -0.05) is 61.4 Å². The van der Waals surface area contributed by atoms with Gasteiger partial charge in [0.1, 0.15) is 4.32 Å². The molecule has 1 aromatic carbocycles. The normalized spacial score (nSPS) is 15.3. The lowest BCUT2D eigenvalue weighted by Crippen LogP contribution is -2.29. The van der Waals surface area contributed by atoms with Crippen LogP contribution in [0.3, 0.4) is 0 Å². The van der Waals surface area contributed by atoms with E-state index in [2.05, 4.69) is 36.6 Å². The lowest BCUT2D eigenvalue weighted by molar-refractivity contribution is -0.137. The van der Waals surface area contributed by atoms with Gasteiger partial charge in [0, 0.05) is 30.0 Å². The van der Waals surface area contributed by atoms with Crippen LogP contribution in [0.15, 0.2) is 41.3 Å². The molecule has 0 unspecified atom stereocenters. The lowest BCUT2D eigenvalue weighted by Gasteiger charge is -2.14. The van der Waals surface area contributed by atoms with E-state index in [9.17, 15) is 9.59 Å². The molecule has 2 aromatic rings. The van der Waals surface area contributed by atoms with Gasteiger partial charge in [-0.25, -0.2) is 0 Å². The highest BCUT2D eigenvalue weighted by molar-refractivity contribution is 8.26. The molecule has 1 aliphatic heterocycles. The van der Waals surface area contributed by atoms with E-state index < -0.39 is 5.97 Å². The van der Waals surface area contributed by atoms with E-state index in [1.165, 1.54) is 11.8 Å². The molecule has 0 bridgehead atoms. The number of thioether (sulfide) groups is 1. The molecule has 0 aliphatic carbocycles. The van der Waals surface area contributed by atoms with Crippen LogP contribution in [0, 0.1) is 13.8 Å². The number of carboxylic acid groups (broad SMARTS) is 1. The topological polar surface area (TPSA) is 62.5 Å². The van der Waals surface area contributed by atoms with Crippen molar-refractivity contribution in [2.75, 3.05) is 6.54 Å². The van der Waals surface area contributed by atoms with E-state index >= 15 is 0 Å². The van der Waals surface area contributed by atoms with Crippen molar-refractivity contribution in [2.45, 2.75) is 52.4 Å². The summed E-state index contributed by atoms with van der Waals surface area (Å²) in [4.78, 5) is 25.8. The summed E-state index contributed by atoms with van der Waals surface area (Å²) < 4.78 is 2.80. The quantitative estimate of drug-likeness (QED) is 0.281. The number of unbranched alkanes of at least 4 members (excludes halogenated alkanes) is 4. The zero-order valence-corrected chi connectivity index (χ0v) is 19.6. The van der Waals surface area contributed by atoms with E-state index in [0.717, 1.165) is 48.3 Å². The second kappa shape index (κ2) is 10.8. The van der Waals surface area contributed by atoms with E-state index in [4.69, 9.17) is 17.3 Å². The molecule has 0 saturated carbocycles. The Morgan fingerprint density at radius 1 is 1.10 bits per heavy atom. The Balaban J connectivity index is 1.61. The highest BCUT2D eigenvalue weighted by Gasteiger charge is 2.31. The molecule has 7 heteroatoms. The van der Waals surface area contributed by atoms with Crippen molar-refractivity contribution >= 4 is 46.3 Å². The first kappa shape index (κ1) is 23.3. The van der Waals surface area contributed by atoms with Gasteiger partial charge in [-0.05, 0) is 56.5 Å². The van der Waals surface area contributed by atoms with E-state index in [1.54, 1.807) is 4.90 Å². The van der Waals surface area contributed by atoms with Gasteiger partial charge in [-0.2, -0.15) is 0 Å². The Morgan fingerprint density at radius 3 is 2.48 bits per heavy atom. The first-order chi connectivity index (χ1) is 14.9. The van der Waals surface area contributed by atoms with Gasteiger partial charge in [0.25, 0.3) is 5.91 Å². The van der Waals surface area contributed by atoms with Gasteiger partial charge in [-0.15, -0.1) is 0 Å². The number of carbonyl (C=O) groups is 2. The van der Waals surface area contributed by atoms with E-state index in [-0.39, 0.29) is 12.3 Å². The number of aryl methyl sites for hydroxylation is 1. The highest BCUT2D eigenvalue weighted by Crippen LogP contribution is 2.34. The Morgan fingerprint density at radius 2 is 1.77 bits per heavy atom. The number of thiocarbonyl (C=S) groups is 1. The van der Waals surface area contributed by atoms with Crippen molar-refractivity contribution in [3.8, 4) is 5.69 Å². The molecule has 1 amide bonds. The number of hydrogen-bond donors (Lipinski definition) is 1. The molecular weight excluding hydrogens is 428 g/mol. The summed E-state index contributed by atoms with van der Waals surface area (Å²) in [7, 11) is 0. The van der Waals surface area contributed by atoms with E-state index in [1.807, 2.05) is 24.3 Å². The maximum atomic E-state index is 12.9. The van der Waals surface area contributed by atoms with Gasteiger partial charge in [0.05, 0.1) is 4.91 Å². The fraction of sp³-hybridized carbons (Fsp3) is 0.375. The molecule has 5 nitrogen and oxygen atoms in total. The molecule has 1 saturated heterocycles. The molecular formula is C24H28N2O3S2. The van der Waals surface area contributed by atoms with Crippen LogP contribution in [0.2, 0.25) is 0 Å². The lowest BCUT2D eigenvalue weighted by atomic mass is 10.1. The number of hydrogen-bond acceptors (Lipinski definition) is 4. The van der Waals surface area contributed by atoms with E-state index in [0.29, 0.717) is 22.2 Å². The number of carbonyl (C=O) groups excluding carboxylic acids is 1. The summed E-state index contributed by atoms with van der Waals surface area (Å²) in [5, 5.41) is 8.67. The summed E-state index contributed by atoms with van der Waals surface area (Å²) in [6.45, 7) is 4.75. The maximum Gasteiger partial charge on any atom is 0.303 e. The minimum absolute atomic E-state index is 0.0228. The first-order valence-corrected chi connectivity index (χ1v) is 11.8. The molecule has 3 rings (SSSR count). The molecule has 2 heterocycles. The second-order valence-electron chi connectivity index (χ2n) is 7.74. The van der Waals surface area contributed by atoms with Crippen molar-refractivity contribution in [1.29, 1.82) is 0 Å². The number of amides is 1. The summed E-state index contributed by atoms with van der Waals surface area (Å²) in [6.07, 6.45) is 6.60. The van der Waals surface area contributed by atoms with Crippen LogP contribution in [0.5, 0.6) is 0 Å². The first-order valence-electron chi connectivity index (χ1n) is 10.6. The zero-order valence-electron chi connectivity index (χ0n) is 18.0.